The van der Waals surface area contributed by atoms with Gasteiger partial charge >= 0.3 is 6.09 Å². The molecule has 0 bridgehead atoms. The van der Waals surface area contributed by atoms with Gasteiger partial charge in [0.1, 0.15) is 23.7 Å². The summed E-state index contributed by atoms with van der Waals surface area (Å²) in [5.41, 5.74) is 11.4. The molecule has 0 atom stereocenters. The Morgan fingerprint density at radius 1 is 0.762 bits per heavy atom. The zero-order valence-electron chi connectivity index (χ0n) is 22.7. The van der Waals surface area contributed by atoms with Crippen LogP contribution in [0.4, 0.5) is 20.6 Å². The van der Waals surface area contributed by atoms with Crippen molar-refractivity contribution in [2.24, 2.45) is 0 Å². The molecule has 1 aromatic heterocycles. The van der Waals surface area contributed by atoms with E-state index in [0.29, 0.717) is 16.9 Å². The van der Waals surface area contributed by atoms with Crippen LogP contribution in [0.5, 0.6) is 0 Å². The molecule has 0 unspecified atom stereocenters. The molecule has 0 aliphatic carbocycles. The maximum atomic E-state index is 15.1. The van der Waals surface area contributed by atoms with E-state index in [2.05, 4.69) is 36.4 Å². The highest BCUT2D eigenvalue weighted by Gasteiger charge is 2.41. The fourth-order valence-corrected chi connectivity index (χ4v) is 5.99. The van der Waals surface area contributed by atoms with Crippen molar-refractivity contribution in [3.63, 3.8) is 0 Å². The molecule has 7 rings (SSSR count). The molecule has 2 N–H and O–H groups in total. The predicted octanol–water partition coefficient (Wildman–Crippen LogP) is 7.22. The summed E-state index contributed by atoms with van der Waals surface area (Å²) in [6, 6.07) is 41.3. The lowest BCUT2D eigenvalue weighted by Gasteiger charge is -2.37. The van der Waals surface area contributed by atoms with Crippen molar-refractivity contribution < 1.29 is 13.9 Å². The minimum atomic E-state index is -0.863. The van der Waals surface area contributed by atoms with E-state index in [9.17, 15) is 4.79 Å². The standard InChI is InChI=1S/C35H27FN4O2/c36-30-18-16-24(22-32(30)39-20-21-42-34(39)41)33-29-23-28(37)17-19-31(29)40(38-33)35(25-10-4-1-5-11-25,26-12-6-2-7-13-26)27-14-8-3-9-15-27/h1-19,22-23H,20-21,37H2. The average molecular weight is 555 g/mol. The number of rotatable bonds is 6. The number of nitrogen functional groups attached to an aromatic ring is 1. The van der Waals surface area contributed by atoms with Gasteiger partial charge in [-0.1, -0.05) is 91.0 Å². The number of nitrogens with two attached hydrogens (primary N) is 1. The van der Waals surface area contributed by atoms with Crippen molar-refractivity contribution in [3.05, 3.63) is 150 Å². The SMILES string of the molecule is Nc1ccc2c(c1)c(-c1ccc(F)c(N3CCOC3=O)c1)nn2C(c1ccccc1)(c1ccccc1)c1ccccc1. The molecule has 0 saturated carbocycles. The van der Waals surface area contributed by atoms with Gasteiger partial charge in [-0.3, -0.25) is 4.90 Å². The second-order valence-corrected chi connectivity index (χ2v) is 10.3. The lowest BCUT2D eigenvalue weighted by atomic mass is 9.77. The van der Waals surface area contributed by atoms with Gasteiger partial charge in [0.15, 0.2) is 0 Å². The normalized spacial score (nSPS) is 13.5. The number of carbonyl (C=O) groups excluding carboxylic acids is 1. The first-order chi connectivity index (χ1) is 20.6. The smallest absolute Gasteiger partial charge is 0.414 e. The number of anilines is 2. The first kappa shape index (κ1) is 25.5. The minimum Gasteiger partial charge on any atom is -0.447 e. The Morgan fingerprint density at radius 3 is 1.90 bits per heavy atom. The van der Waals surface area contributed by atoms with E-state index in [0.717, 1.165) is 27.6 Å². The predicted molar refractivity (Wildman–Crippen MR) is 163 cm³/mol. The Bertz CT molecular complexity index is 1810. The zero-order valence-corrected chi connectivity index (χ0v) is 22.7. The Hall–Kier alpha value is -5.43. The molecule has 0 spiro atoms. The molecule has 1 saturated heterocycles. The lowest BCUT2D eigenvalue weighted by Crippen LogP contribution is -2.38. The molecule has 6 nitrogen and oxygen atoms in total. The van der Waals surface area contributed by atoms with Crippen LogP contribution in [0, 0.1) is 5.82 Å². The molecule has 206 valence electrons. The number of fused-ring (bicyclic) bond motifs is 1. The van der Waals surface area contributed by atoms with E-state index in [-0.39, 0.29) is 18.8 Å². The molecular formula is C35H27FN4O2. The van der Waals surface area contributed by atoms with E-state index in [1.54, 1.807) is 12.1 Å². The van der Waals surface area contributed by atoms with Crippen LogP contribution in [0.15, 0.2) is 127 Å². The molecule has 6 aromatic rings. The third kappa shape index (κ3) is 4.01. The van der Waals surface area contributed by atoms with Gasteiger partial charge in [-0.25, -0.2) is 13.9 Å². The number of halogens is 1. The highest BCUT2D eigenvalue weighted by Crippen LogP contribution is 2.44. The van der Waals surface area contributed by atoms with Crippen LogP contribution < -0.4 is 10.6 Å². The molecule has 2 heterocycles. The Kier molecular flexibility index (Phi) is 6.20. The van der Waals surface area contributed by atoms with E-state index in [1.807, 2.05) is 77.5 Å². The summed E-state index contributed by atoms with van der Waals surface area (Å²) in [4.78, 5) is 13.7. The highest BCUT2D eigenvalue weighted by molar-refractivity contribution is 5.97. The number of carbonyl (C=O) groups is 1. The van der Waals surface area contributed by atoms with E-state index in [1.165, 1.54) is 11.0 Å². The number of amides is 1. The number of aromatic nitrogens is 2. The maximum Gasteiger partial charge on any atom is 0.414 e. The van der Waals surface area contributed by atoms with Crippen molar-refractivity contribution in [2.75, 3.05) is 23.8 Å². The fourth-order valence-electron chi connectivity index (χ4n) is 5.99. The molecule has 1 amide bonds. The van der Waals surface area contributed by atoms with Gasteiger partial charge in [0.05, 0.1) is 17.7 Å². The molecule has 42 heavy (non-hydrogen) atoms. The van der Waals surface area contributed by atoms with Crippen molar-refractivity contribution in [2.45, 2.75) is 5.54 Å². The van der Waals surface area contributed by atoms with Crippen molar-refractivity contribution >= 4 is 28.4 Å². The van der Waals surface area contributed by atoms with Gasteiger partial charge < -0.3 is 10.5 Å². The van der Waals surface area contributed by atoms with Crippen molar-refractivity contribution in [1.82, 2.24) is 9.78 Å². The number of hydrogen-bond donors (Lipinski definition) is 1. The third-order valence-corrected chi connectivity index (χ3v) is 7.87. The van der Waals surface area contributed by atoms with Gasteiger partial charge in [-0.2, -0.15) is 5.10 Å². The third-order valence-electron chi connectivity index (χ3n) is 7.87. The monoisotopic (exact) mass is 554 g/mol. The number of cyclic esters (lactones) is 1. The van der Waals surface area contributed by atoms with Crippen LogP contribution in [0.3, 0.4) is 0 Å². The maximum absolute atomic E-state index is 15.1. The Labute approximate surface area is 242 Å². The van der Waals surface area contributed by atoms with Crippen LogP contribution in [-0.4, -0.2) is 29.0 Å². The molecule has 5 aromatic carbocycles. The zero-order chi connectivity index (χ0) is 28.7. The van der Waals surface area contributed by atoms with Crippen LogP contribution in [0.25, 0.3) is 22.2 Å². The van der Waals surface area contributed by atoms with Gasteiger partial charge in [-0.05, 0) is 53.1 Å². The van der Waals surface area contributed by atoms with Crippen molar-refractivity contribution in [1.29, 1.82) is 0 Å². The van der Waals surface area contributed by atoms with Crippen LogP contribution in [0.2, 0.25) is 0 Å². The van der Waals surface area contributed by atoms with Crippen LogP contribution >= 0.6 is 0 Å². The Morgan fingerprint density at radius 2 is 1.36 bits per heavy atom. The van der Waals surface area contributed by atoms with Gasteiger partial charge in [-0.15, -0.1) is 0 Å². The molecule has 1 aliphatic heterocycles. The summed E-state index contributed by atoms with van der Waals surface area (Å²) in [5.74, 6) is -0.506. The highest BCUT2D eigenvalue weighted by atomic mass is 19.1. The van der Waals surface area contributed by atoms with Gasteiger partial charge in [0, 0.05) is 16.6 Å². The summed E-state index contributed by atoms with van der Waals surface area (Å²) >= 11 is 0. The van der Waals surface area contributed by atoms with Gasteiger partial charge in [0.2, 0.25) is 0 Å². The summed E-state index contributed by atoms with van der Waals surface area (Å²) in [6.07, 6.45) is -0.568. The van der Waals surface area contributed by atoms with E-state index < -0.39 is 17.4 Å². The molecular weight excluding hydrogens is 527 g/mol. The molecule has 7 heteroatoms. The minimum absolute atomic E-state index is 0.155. The second kappa shape index (κ2) is 10.2. The summed E-state index contributed by atoms with van der Waals surface area (Å²) in [5, 5.41) is 6.13. The number of benzene rings is 5. The first-order valence-electron chi connectivity index (χ1n) is 13.8. The number of ether oxygens (including phenoxy) is 1. The quantitative estimate of drug-likeness (QED) is 0.174. The van der Waals surface area contributed by atoms with Crippen LogP contribution in [-0.2, 0) is 10.3 Å². The largest absolute Gasteiger partial charge is 0.447 e. The number of nitrogens with zero attached hydrogens (tertiary/aromatic N) is 3. The summed E-state index contributed by atoms with van der Waals surface area (Å²) in [6.45, 7) is 0.491. The average Bonchev–Trinajstić information content (AvgIpc) is 3.63. The lowest BCUT2D eigenvalue weighted by molar-refractivity contribution is 0.181. The van der Waals surface area contributed by atoms with E-state index in [4.69, 9.17) is 15.6 Å². The number of hydrogen-bond acceptors (Lipinski definition) is 4. The molecule has 1 aliphatic rings. The van der Waals surface area contributed by atoms with E-state index >= 15 is 4.39 Å². The van der Waals surface area contributed by atoms with Crippen LogP contribution in [0.1, 0.15) is 16.7 Å². The topological polar surface area (TPSA) is 73.4 Å². The van der Waals surface area contributed by atoms with Gasteiger partial charge in [0.25, 0.3) is 0 Å². The molecule has 0 radical (unpaired) electrons. The summed E-state index contributed by atoms with van der Waals surface area (Å²) in [7, 11) is 0. The fraction of sp³-hybridized carbons (Fsp3) is 0.0857. The van der Waals surface area contributed by atoms with Crippen molar-refractivity contribution in [3.8, 4) is 11.3 Å². The summed E-state index contributed by atoms with van der Waals surface area (Å²) < 4.78 is 22.2. The second-order valence-electron chi connectivity index (χ2n) is 10.3. The Balaban J connectivity index is 1.57. The first-order valence-corrected chi connectivity index (χ1v) is 13.8. The molecule has 1 fully saturated rings.